The van der Waals surface area contributed by atoms with Crippen molar-refractivity contribution in [2.24, 2.45) is 5.10 Å². The van der Waals surface area contributed by atoms with Crippen LogP contribution in [0.5, 0.6) is 0 Å². The number of rotatable bonds is 6. The maximum Gasteiger partial charge on any atom is 0.292 e. The van der Waals surface area contributed by atoms with E-state index in [1.807, 2.05) is 6.92 Å². The highest BCUT2D eigenvalue weighted by atomic mass is 16.2. The lowest BCUT2D eigenvalue weighted by Crippen LogP contribution is -2.29. The van der Waals surface area contributed by atoms with Gasteiger partial charge in [0, 0.05) is 24.3 Å². The number of carbonyl (C=O) groups is 1. The lowest BCUT2D eigenvalue weighted by Gasteiger charge is -2.09. The zero-order chi connectivity index (χ0) is 18.4. The van der Waals surface area contributed by atoms with Crippen molar-refractivity contribution in [2.75, 3.05) is 0 Å². The summed E-state index contributed by atoms with van der Waals surface area (Å²) in [4.78, 5) is 29.0. The van der Waals surface area contributed by atoms with E-state index in [2.05, 4.69) is 20.6 Å². The van der Waals surface area contributed by atoms with Crippen LogP contribution in [0.15, 0.2) is 58.7 Å². The van der Waals surface area contributed by atoms with Gasteiger partial charge in [-0.3, -0.25) is 14.6 Å². The molecular weight excluding hydrogens is 330 g/mol. The van der Waals surface area contributed by atoms with Crippen molar-refractivity contribution in [3.63, 3.8) is 0 Å². The number of hydrogen-bond acceptors (Lipinski definition) is 5. The highest BCUT2D eigenvalue weighted by Crippen LogP contribution is 2.13. The third kappa shape index (κ3) is 3.83. The first-order valence-electron chi connectivity index (χ1n) is 8.44. The van der Waals surface area contributed by atoms with Crippen molar-refractivity contribution >= 4 is 22.9 Å². The Morgan fingerprint density at radius 1 is 1.19 bits per heavy atom. The number of nitrogens with one attached hydrogen (secondary N) is 1. The number of aromatic nitrogens is 3. The SMILES string of the molecule is CCCCn1nc(C(=O)N/N=C/c2ccncc2)c2ccccc2c1=O. The van der Waals surface area contributed by atoms with Gasteiger partial charge in [0.25, 0.3) is 11.5 Å². The van der Waals surface area contributed by atoms with Crippen LogP contribution in [-0.4, -0.2) is 26.9 Å². The smallest absolute Gasteiger partial charge is 0.267 e. The maximum atomic E-state index is 12.6. The van der Waals surface area contributed by atoms with Crippen LogP contribution in [0.2, 0.25) is 0 Å². The van der Waals surface area contributed by atoms with Crippen molar-refractivity contribution < 1.29 is 4.79 Å². The molecule has 132 valence electrons. The number of carbonyl (C=O) groups excluding carboxylic acids is 1. The van der Waals surface area contributed by atoms with Gasteiger partial charge in [-0.25, -0.2) is 10.1 Å². The Balaban J connectivity index is 1.92. The number of fused-ring (bicyclic) bond motifs is 1. The standard InChI is InChI=1S/C19H19N5O2/c1-2-3-12-24-19(26)16-7-5-4-6-15(16)17(23-24)18(25)22-21-13-14-8-10-20-11-9-14/h4-11,13H,2-3,12H2,1H3,(H,22,25)/b21-13+. The van der Waals surface area contributed by atoms with Crippen molar-refractivity contribution in [3.8, 4) is 0 Å². The Hall–Kier alpha value is -3.35. The Morgan fingerprint density at radius 2 is 1.92 bits per heavy atom. The number of unbranched alkanes of at least 4 members (excludes halogenated alkanes) is 1. The number of benzene rings is 1. The minimum Gasteiger partial charge on any atom is -0.267 e. The van der Waals surface area contributed by atoms with Crippen molar-refractivity contribution in [1.82, 2.24) is 20.2 Å². The van der Waals surface area contributed by atoms with Crippen LogP contribution >= 0.6 is 0 Å². The van der Waals surface area contributed by atoms with E-state index in [0.29, 0.717) is 17.3 Å². The number of hydrazone groups is 1. The summed E-state index contributed by atoms with van der Waals surface area (Å²) in [6.07, 6.45) is 6.55. The first-order valence-corrected chi connectivity index (χ1v) is 8.44. The minimum atomic E-state index is -0.461. The largest absolute Gasteiger partial charge is 0.292 e. The summed E-state index contributed by atoms with van der Waals surface area (Å²) in [6, 6.07) is 10.5. The molecule has 1 aromatic carbocycles. The number of hydrogen-bond donors (Lipinski definition) is 1. The van der Waals surface area contributed by atoms with E-state index in [-0.39, 0.29) is 11.3 Å². The van der Waals surface area contributed by atoms with E-state index in [4.69, 9.17) is 0 Å². The lowest BCUT2D eigenvalue weighted by atomic mass is 10.1. The van der Waals surface area contributed by atoms with Gasteiger partial charge in [-0.05, 0) is 30.2 Å². The number of amides is 1. The fraction of sp³-hybridized carbons (Fsp3) is 0.211. The summed E-state index contributed by atoms with van der Waals surface area (Å²) in [5.41, 5.74) is 3.28. The fourth-order valence-electron chi connectivity index (χ4n) is 2.53. The Kier molecular flexibility index (Phi) is 5.48. The van der Waals surface area contributed by atoms with E-state index in [9.17, 15) is 9.59 Å². The number of pyridine rings is 1. The third-order valence-electron chi connectivity index (χ3n) is 3.89. The third-order valence-corrected chi connectivity index (χ3v) is 3.89. The van der Waals surface area contributed by atoms with Crippen molar-refractivity contribution in [2.45, 2.75) is 26.3 Å². The molecule has 26 heavy (non-hydrogen) atoms. The molecule has 7 nitrogen and oxygen atoms in total. The van der Waals surface area contributed by atoms with Crippen LogP contribution in [0.4, 0.5) is 0 Å². The molecule has 0 saturated heterocycles. The van der Waals surface area contributed by atoms with Crippen LogP contribution in [-0.2, 0) is 6.54 Å². The van der Waals surface area contributed by atoms with Gasteiger partial charge in [-0.2, -0.15) is 10.2 Å². The zero-order valence-corrected chi connectivity index (χ0v) is 14.4. The molecule has 2 heterocycles. The van der Waals surface area contributed by atoms with Crippen LogP contribution < -0.4 is 11.0 Å². The average Bonchev–Trinajstić information content (AvgIpc) is 2.68. The van der Waals surface area contributed by atoms with Crippen LogP contribution in [0, 0.1) is 0 Å². The first-order chi connectivity index (χ1) is 12.7. The van der Waals surface area contributed by atoms with Gasteiger partial charge in [-0.1, -0.05) is 31.5 Å². The molecule has 3 aromatic rings. The molecule has 0 fully saturated rings. The molecule has 2 aromatic heterocycles. The summed E-state index contributed by atoms with van der Waals surface area (Å²) in [7, 11) is 0. The van der Waals surface area contributed by atoms with E-state index in [1.165, 1.54) is 10.9 Å². The minimum absolute atomic E-state index is 0.184. The summed E-state index contributed by atoms with van der Waals surface area (Å²) in [6.45, 7) is 2.51. The molecule has 1 N–H and O–H groups in total. The average molecular weight is 349 g/mol. The molecule has 3 rings (SSSR count). The summed E-state index contributed by atoms with van der Waals surface area (Å²) in [5, 5.41) is 9.22. The molecule has 0 spiro atoms. The molecule has 0 aliphatic heterocycles. The summed E-state index contributed by atoms with van der Waals surface area (Å²) < 4.78 is 1.35. The molecule has 0 aliphatic rings. The van der Waals surface area contributed by atoms with Gasteiger partial charge in [-0.15, -0.1) is 0 Å². The Bertz CT molecular complexity index is 996. The molecule has 7 heteroatoms. The Morgan fingerprint density at radius 3 is 2.65 bits per heavy atom. The molecule has 0 unspecified atom stereocenters. The predicted octanol–water partition coefficient (Wildman–Crippen LogP) is 2.36. The number of aryl methyl sites for hydroxylation is 1. The van der Waals surface area contributed by atoms with Crippen molar-refractivity contribution in [1.29, 1.82) is 0 Å². The van der Waals surface area contributed by atoms with Crippen LogP contribution in [0.3, 0.4) is 0 Å². The molecule has 0 saturated carbocycles. The van der Waals surface area contributed by atoms with Gasteiger partial charge in [0.05, 0.1) is 11.6 Å². The maximum absolute atomic E-state index is 12.6. The Labute approximate surface area is 150 Å². The molecular formula is C19H19N5O2. The van der Waals surface area contributed by atoms with Gasteiger partial charge >= 0.3 is 0 Å². The van der Waals surface area contributed by atoms with Crippen molar-refractivity contribution in [3.05, 3.63) is 70.4 Å². The first kappa shape index (κ1) is 17.5. The van der Waals surface area contributed by atoms with Gasteiger partial charge in [0.2, 0.25) is 0 Å². The van der Waals surface area contributed by atoms with Crippen LogP contribution in [0.1, 0.15) is 35.8 Å². The van der Waals surface area contributed by atoms with Gasteiger partial charge < -0.3 is 0 Å². The molecule has 0 radical (unpaired) electrons. The second-order valence-corrected chi connectivity index (χ2v) is 5.76. The summed E-state index contributed by atoms with van der Waals surface area (Å²) in [5.74, 6) is -0.461. The van der Waals surface area contributed by atoms with E-state index in [0.717, 1.165) is 18.4 Å². The number of nitrogens with zero attached hydrogens (tertiary/aromatic N) is 4. The lowest BCUT2D eigenvalue weighted by molar-refractivity contribution is 0.0949. The zero-order valence-electron chi connectivity index (χ0n) is 14.4. The molecule has 0 bridgehead atoms. The van der Waals surface area contributed by atoms with Gasteiger partial charge in [0.1, 0.15) is 0 Å². The van der Waals surface area contributed by atoms with Crippen LogP contribution in [0.25, 0.3) is 10.8 Å². The topological polar surface area (TPSA) is 89.2 Å². The highest BCUT2D eigenvalue weighted by Gasteiger charge is 2.16. The highest BCUT2D eigenvalue weighted by molar-refractivity contribution is 6.04. The summed E-state index contributed by atoms with van der Waals surface area (Å²) >= 11 is 0. The quantitative estimate of drug-likeness (QED) is 0.546. The van der Waals surface area contributed by atoms with E-state index < -0.39 is 5.91 Å². The second kappa shape index (κ2) is 8.15. The monoisotopic (exact) mass is 349 g/mol. The molecule has 0 aliphatic carbocycles. The molecule has 0 atom stereocenters. The predicted molar refractivity (Wildman–Crippen MR) is 100 cm³/mol. The van der Waals surface area contributed by atoms with Gasteiger partial charge in [0.15, 0.2) is 5.69 Å². The van der Waals surface area contributed by atoms with E-state index >= 15 is 0 Å². The normalized spacial score (nSPS) is 11.1. The second-order valence-electron chi connectivity index (χ2n) is 5.76. The fourth-order valence-corrected chi connectivity index (χ4v) is 2.53. The van der Waals surface area contributed by atoms with E-state index in [1.54, 1.807) is 48.8 Å². The molecule has 1 amide bonds.